The Morgan fingerprint density at radius 2 is 0.909 bits per heavy atom. The van der Waals surface area contributed by atoms with E-state index in [4.69, 9.17) is 9.98 Å². The molecule has 0 spiro atoms. The average molecular weight is 689 g/mol. The second-order valence-electron chi connectivity index (χ2n) is 11.9. The van der Waals surface area contributed by atoms with Crippen LogP contribution in [0.4, 0.5) is 11.4 Å². The first kappa shape index (κ1) is 39.9. The molecule has 2 aromatic rings. The third-order valence-corrected chi connectivity index (χ3v) is 8.05. The first-order chi connectivity index (χ1) is 21.2. The number of para-hydroxylation sites is 2. The standard InChI is InChI=1S/C41H62N2.Pd/c1-5-9-13-16-19-23-35-41(43-39-33-27-25-31-37(39)29-22-18-15-11-7-3)40(34-20-12-8-4)42-38-32-26-24-30-36(38)28-21-17-14-10-6-2;/h10-11,14-15,24-27,30-33H,5-9,12-13,16-23,28-29,34-35H2,1-4H3;/b14-10+,15-11+,42-40?,43-41?;. The van der Waals surface area contributed by atoms with Crippen LogP contribution in [0.2, 0.25) is 0 Å². The summed E-state index contributed by atoms with van der Waals surface area (Å²) in [4.78, 5) is 10.9. The van der Waals surface area contributed by atoms with Crippen molar-refractivity contribution in [3.05, 3.63) is 84.0 Å². The van der Waals surface area contributed by atoms with E-state index < -0.39 is 0 Å². The largest absolute Gasteiger partial charge is 0.251 e. The molecule has 0 atom stereocenters. The fraction of sp³-hybridized carbons (Fsp3) is 0.561. The van der Waals surface area contributed by atoms with Crippen LogP contribution in [0.15, 0.2) is 82.8 Å². The number of rotatable bonds is 24. The summed E-state index contributed by atoms with van der Waals surface area (Å²) in [5, 5.41) is 0. The van der Waals surface area contributed by atoms with Gasteiger partial charge in [-0.3, -0.25) is 9.98 Å². The van der Waals surface area contributed by atoms with Crippen LogP contribution in [0.25, 0.3) is 0 Å². The van der Waals surface area contributed by atoms with Gasteiger partial charge in [0.15, 0.2) is 0 Å². The summed E-state index contributed by atoms with van der Waals surface area (Å²) in [5.74, 6) is 0. The Balaban J connectivity index is 0.00000968. The molecule has 0 N–H and O–H groups in total. The van der Waals surface area contributed by atoms with Gasteiger partial charge in [-0.2, -0.15) is 0 Å². The predicted molar refractivity (Wildman–Crippen MR) is 194 cm³/mol. The first-order valence-electron chi connectivity index (χ1n) is 17.8. The molecule has 0 saturated heterocycles. The van der Waals surface area contributed by atoms with Crippen molar-refractivity contribution >= 4 is 22.8 Å². The summed E-state index contributed by atoms with van der Waals surface area (Å²) in [6.45, 7) is 8.99. The van der Waals surface area contributed by atoms with E-state index in [0.717, 1.165) is 75.6 Å². The Morgan fingerprint density at radius 3 is 1.39 bits per heavy atom. The third-order valence-electron chi connectivity index (χ3n) is 8.05. The molecule has 0 aromatic heterocycles. The van der Waals surface area contributed by atoms with Crippen LogP contribution >= 0.6 is 0 Å². The molecule has 0 unspecified atom stereocenters. The minimum absolute atomic E-state index is 0. The van der Waals surface area contributed by atoms with E-state index in [9.17, 15) is 0 Å². The van der Waals surface area contributed by atoms with Crippen LogP contribution in [0.1, 0.15) is 148 Å². The summed E-state index contributed by atoms with van der Waals surface area (Å²) >= 11 is 0. The number of nitrogens with zero attached hydrogens (tertiary/aromatic N) is 2. The molecule has 0 bridgehead atoms. The molecule has 0 aliphatic rings. The van der Waals surface area contributed by atoms with Crippen LogP contribution in [-0.2, 0) is 33.3 Å². The molecule has 0 fully saturated rings. The Kier molecular flexibility index (Phi) is 24.7. The molecule has 0 amide bonds. The van der Waals surface area contributed by atoms with Gasteiger partial charge in [0.2, 0.25) is 0 Å². The van der Waals surface area contributed by atoms with Gasteiger partial charge in [0.1, 0.15) is 0 Å². The topological polar surface area (TPSA) is 24.7 Å². The van der Waals surface area contributed by atoms with Crippen molar-refractivity contribution in [2.45, 2.75) is 150 Å². The van der Waals surface area contributed by atoms with Crippen LogP contribution in [0.5, 0.6) is 0 Å². The van der Waals surface area contributed by atoms with E-state index in [1.807, 2.05) is 0 Å². The molecule has 2 rings (SSSR count). The number of aliphatic imine (C=N–C) groups is 2. The zero-order chi connectivity index (χ0) is 30.8. The maximum Gasteiger partial charge on any atom is 0.0665 e. The molecule has 0 radical (unpaired) electrons. The number of allylic oxidation sites excluding steroid dienone is 4. The molecule has 44 heavy (non-hydrogen) atoms. The monoisotopic (exact) mass is 688 g/mol. The molecule has 0 aliphatic heterocycles. The summed E-state index contributed by atoms with van der Waals surface area (Å²) < 4.78 is 0. The van der Waals surface area contributed by atoms with E-state index in [0.29, 0.717) is 0 Å². The van der Waals surface area contributed by atoms with E-state index in [1.54, 1.807) is 0 Å². The molecule has 2 aromatic carbocycles. The van der Waals surface area contributed by atoms with Crippen molar-refractivity contribution in [2.75, 3.05) is 0 Å². The van der Waals surface area contributed by atoms with Gasteiger partial charge in [-0.25, -0.2) is 0 Å². The van der Waals surface area contributed by atoms with Gasteiger partial charge in [-0.1, -0.05) is 133 Å². The normalized spacial score (nSPS) is 12.4. The Hall–Kier alpha value is -2.08. The third kappa shape index (κ3) is 17.4. The number of benzene rings is 2. The van der Waals surface area contributed by atoms with Crippen LogP contribution in [0.3, 0.4) is 0 Å². The Bertz CT molecular complexity index is 1110. The van der Waals surface area contributed by atoms with Crippen LogP contribution in [0, 0.1) is 0 Å². The van der Waals surface area contributed by atoms with Gasteiger partial charge in [-0.15, -0.1) is 0 Å². The van der Waals surface area contributed by atoms with Gasteiger partial charge >= 0.3 is 0 Å². The van der Waals surface area contributed by atoms with Gasteiger partial charge in [-0.05, 0) is 100 Å². The maximum atomic E-state index is 5.47. The SMILES string of the molecule is CC/C=C/CCCc1ccccc1N=C(CCCCC)C(CCCCCCCC)=Nc1ccccc1CCC/C=C/CC.[Pd]. The summed E-state index contributed by atoms with van der Waals surface area (Å²) in [5.41, 5.74) is 7.43. The van der Waals surface area contributed by atoms with E-state index in [2.05, 4.69) is 101 Å². The van der Waals surface area contributed by atoms with Crippen molar-refractivity contribution in [3.8, 4) is 0 Å². The van der Waals surface area contributed by atoms with E-state index in [1.165, 1.54) is 80.3 Å². The second-order valence-corrected chi connectivity index (χ2v) is 11.9. The minimum Gasteiger partial charge on any atom is -0.251 e. The van der Waals surface area contributed by atoms with Crippen molar-refractivity contribution in [3.63, 3.8) is 0 Å². The fourth-order valence-corrected chi connectivity index (χ4v) is 5.49. The van der Waals surface area contributed by atoms with Gasteiger partial charge in [0.25, 0.3) is 0 Å². The number of hydrogen-bond donors (Lipinski definition) is 0. The molecule has 0 saturated carbocycles. The van der Waals surface area contributed by atoms with Gasteiger partial charge in [0.05, 0.1) is 22.8 Å². The molecular weight excluding hydrogens is 627 g/mol. The summed E-state index contributed by atoms with van der Waals surface area (Å²) in [7, 11) is 0. The molecule has 3 heteroatoms. The van der Waals surface area contributed by atoms with Crippen molar-refractivity contribution in [1.82, 2.24) is 0 Å². The van der Waals surface area contributed by atoms with Gasteiger partial charge < -0.3 is 0 Å². The van der Waals surface area contributed by atoms with Crippen molar-refractivity contribution in [2.24, 2.45) is 9.98 Å². The molecule has 0 heterocycles. The van der Waals surface area contributed by atoms with Crippen LogP contribution < -0.4 is 0 Å². The summed E-state index contributed by atoms with van der Waals surface area (Å²) in [6.07, 6.45) is 31.5. The molecule has 0 aliphatic carbocycles. The van der Waals surface area contributed by atoms with Crippen molar-refractivity contribution < 1.29 is 20.4 Å². The van der Waals surface area contributed by atoms with E-state index >= 15 is 0 Å². The zero-order valence-electron chi connectivity index (χ0n) is 28.6. The van der Waals surface area contributed by atoms with Crippen molar-refractivity contribution in [1.29, 1.82) is 0 Å². The molecular formula is C41H62N2Pd. The number of hydrogen-bond acceptors (Lipinski definition) is 2. The average Bonchev–Trinajstić information content (AvgIpc) is 3.03. The fourth-order valence-electron chi connectivity index (χ4n) is 5.49. The number of unbranched alkanes of at least 4 members (excludes halogenated alkanes) is 9. The summed E-state index contributed by atoms with van der Waals surface area (Å²) in [6, 6.07) is 17.6. The Morgan fingerprint density at radius 1 is 0.500 bits per heavy atom. The van der Waals surface area contributed by atoms with Gasteiger partial charge in [0, 0.05) is 20.4 Å². The maximum absolute atomic E-state index is 5.47. The van der Waals surface area contributed by atoms with Crippen LogP contribution in [-0.4, -0.2) is 11.4 Å². The Labute approximate surface area is 285 Å². The minimum atomic E-state index is 0. The molecule has 246 valence electrons. The van der Waals surface area contributed by atoms with E-state index in [-0.39, 0.29) is 20.4 Å². The zero-order valence-corrected chi connectivity index (χ0v) is 30.1. The quantitative estimate of drug-likeness (QED) is 0.0454. The second kappa shape index (κ2) is 27.3. The first-order valence-corrected chi connectivity index (χ1v) is 17.8. The predicted octanol–water partition coefficient (Wildman–Crippen LogP) is 13.4. The number of aryl methyl sites for hydroxylation is 2. The smallest absolute Gasteiger partial charge is 0.0665 e. The molecule has 2 nitrogen and oxygen atoms in total.